The van der Waals surface area contributed by atoms with Crippen LogP contribution in [0.5, 0.6) is 5.88 Å². The number of benzene rings is 3. The standard InChI is InChI=1S/C36H41N5OS/c1-23-10-8-11-24(2)34(23)32-18-33-40-35(39-32)41-43-29-14-9-13-25(16-29)31(27(22-42-33)19-36(3,4)5)17-26-12-6-7-15-30(26)28(20-37)21-38/h6-16,18,20-21,27,31,37H,17,19,22,38H2,1-5H3,(H,39,40,41)/b28-21+,37-20?. The van der Waals surface area contributed by atoms with Crippen molar-refractivity contribution in [1.82, 2.24) is 9.97 Å². The largest absolute Gasteiger partial charge is 0.477 e. The van der Waals surface area contributed by atoms with E-state index in [1.165, 1.54) is 29.9 Å². The van der Waals surface area contributed by atoms with Crippen LogP contribution in [-0.2, 0) is 6.42 Å². The minimum absolute atomic E-state index is 0.0777. The summed E-state index contributed by atoms with van der Waals surface area (Å²) in [6, 6.07) is 25.3. The Morgan fingerprint density at radius 1 is 1.02 bits per heavy atom. The summed E-state index contributed by atoms with van der Waals surface area (Å²) in [7, 11) is 0. The first-order valence-corrected chi connectivity index (χ1v) is 15.6. The van der Waals surface area contributed by atoms with E-state index in [1.54, 1.807) is 0 Å². The highest BCUT2D eigenvalue weighted by molar-refractivity contribution is 8.00. The predicted molar refractivity (Wildman–Crippen MR) is 180 cm³/mol. The number of hydrogen-bond donors (Lipinski definition) is 3. The van der Waals surface area contributed by atoms with Gasteiger partial charge in [0, 0.05) is 40.4 Å². The molecule has 4 N–H and O–H groups in total. The van der Waals surface area contributed by atoms with E-state index in [2.05, 4.69) is 100 Å². The van der Waals surface area contributed by atoms with Crippen LogP contribution < -0.4 is 15.2 Å². The normalized spacial score (nSPS) is 17.2. The third-order valence-electron chi connectivity index (χ3n) is 7.98. The molecule has 4 aromatic rings. The number of allylic oxidation sites excluding steroid dienone is 1. The zero-order chi connectivity index (χ0) is 30.6. The Labute approximate surface area is 259 Å². The number of nitrogens with one attached hydrogen (secondary N) is 2. The molecule has 0 spiro atoms. The molecule has 4 bridgehead atoms. The summed E-state index contributed by atoms with van der Waals surface area (Å²) < 4.78 is 9.99. The van der Waals surface area contributed by atoms with E-state index in [4.69, 9.17) is 25.8 Å². The van der Waals surface area contributed by atoms with Gasteiger partial charge in [0.2, 0.25) is 11.8 Å². The molecule has 1 aromatic heterocycles. The van der Waals surface area contributed by atoms with Gasteiger partial charge in [-0.2, -0.15) is 4.98 Å². The summed E-state index contributed by atoms with van der Waals surface area (Å²) in [4.78, 5) is 10.8. The van der Waals surface area contributed by atoms with E-state index in [0.717, 1.165) is 51.2 Å². The smallest absolute Gasteiger partial charge is 0.237 e. The second-order valence-corrected chi connectivity index (χ2v) is 13.4. The van der Waals surface area contributed by atoms with Gasteiger partial charge in [-0.05, 0) is 89.9 Å². The Kier molecular flexibility index (Phi) is 9.21. The monoisotopic (exact) mass is 591 g/mol. The lowest BCUT2D eigenvalue weighted by molar-refractivity contribution is 0.166. The lowest BCUT2D eigenvalue weighted by Gasteiger charge is -2.33. The molecule has 0 amide bonds. The van der Waals surface area contributed by atoms with E-state index >= 15 is 0 Å². The van der Waals surface area contributed by atoms with Crippen LogP contribution in [0.25, 0.3) is 16.8 Å². The zero-order valence-electron chi connectivity index (χ0n) is 25.6. The fourth-order valence-corrected chi connectivity index (χ4v) is 6.73. The highest BCUT2D eigenvalue weighted by atomic mass is 32.2. The third-order valence-corrected chi connectivity index (χ3v) is 8.75. The molecular formula is C36H41N5OS. The quantitative estimate of drug-likeness (QED) is 0.153. The van der Waals surface area contributed by atoms with Crippen LogP contribution in [0.1, 0.15) is 60.9 Å². The summed E-state index contributed by atoms with van der Waals surface area (Å²) in [5.74, 6) is 1.43. The van der Waals surface area contributed by atoms with Crippen molar-refractivity contribution in [2.75, 3.05) is 11.3 Å². The average Bonchev–Trinajstić information content (AvgIpc) is 2.97. The first kappa shape index (κ1) is 30.4. The summed E-state index contributed by atoms with van der Waals surface area (Å²) in [5.41, 5.74) is 14.4. The van der Waals surface area contributed by atoms with Crippen molar-refractivity contribution in [3.8, 4) is 17.1 Å². The molecule has 2 atom stereocenters. The number of nitrogens with zero attached hydrogens (tertiary/aromatic N) is 2. The van der Waals surface area contributed by atoms with Gasteiger partial charge in [-0.25, -0.2) is 4.98 Å². The molecule has 0 fully saturated rings. The molecule has 0 saturated heterocycles. The van der Waals surface area contributed by atoms with Gasteiger partial charge in [0.05, 0.1) is 12.3 Å². The Morgan fingerprint density at radius 2 is 1.77 bits per heavy atom. The fourth-order valence-electron chi connectivity index (χ4n) is 6.09. The zero-order valence-corrected chi connectivity index (χ0v) is 26.5. The summed E-state index contributed by atoms with van der Waals surface area (Å²) >= 11 is 1.51. The SMILES string of the molecule is Cc1cccc(C)c1-c1cc2nc(n1)NSc1cccc(c1)C(Cc1ccccc1/C(C=N)=C/N)C(CC(C)(C)C)CO2. The number of fused-ring (bicyclic) bond motifs is 4. The number of aromatic nitrogens is 2. The molecule has 1 aliphatic rings. The fraction of sp³-hybridized carbons (Fsp3) is 0.306. The second-order valence-electron chi connectivity index (χ2n) is 12.5. The minimum Gasteiger partial charge on any atom is -0.477 e. The molecule has 2 heterocycles. The van der Waals surface area contributed by atoms with Gasteiger partial charge in [0.1, 0.15) is 0 Å². The van der Waals surface area contributed by atoms with Gasteiger partial charge in [0.15, 0.2) is 0 Å². The lowest BCUT2D eigenvalue weighted by atomic mass is 9.73. The number of anilines is 1. The van der Waals surface area contributed by atoms with Gasteiger partial charge in [0.25, 0.3) is 0 Å². The molecule has 0 saturated carbocycles. The van der Waals surface area contributed by atoms with Crippen molar-refractivity contribution >= 4 is 29.7 Å². The van der Waals surface area contributed by atoms with Crippen LogP contribution >= 0.6 is 11.9 Å². The van der Waals surface area contributed by atoms with Crippen molar-refractivity contribution in [2.45, 2.75) is 58.3 Å². The maximum Gasteiger partial charge on any atom is 0.237 e. The molecule has 222 valence electrons. The molecule has 5 rings (SSSR count). The van der Waals surface area contributed by atoms with Crippen LogP contribution in [0.3, 0.4) is 0 Å². The van der Waals surface area contributed by atoms with Crippen molar-refractivity contribution in [3.05, 3.63) is 107 Å². The number of ether oxygens (including phenoxy) is 1. The van der Waals surface area contributed by atoms with Gasteiger partial charge in [-0.15, -0.1) is 0 Å². The Hall–Kier alpha value is -4.10. The van der Waals surface area contributed by atoms with Crippen LogP contribution in [0, 0.1) is 30.6 Å². The molecule has 1 aliphatic heterocycles. The number of aryl methyl sites for hydroxylation is 2. The van der Waals surface area contributed by atoms with Gasteiger partial charge in [-0.1, -0.05) is 75.4 Å². The van der Waals surface area contributed by atoms with Gasteiger partial charge < -0.3 is 15.9 Å². The lowest BCUT2D eigenvalue weighted by Crippen LogP contribution is -2.27. The molecule has 2 unspecified atom stereocenters. The van der Waals surface area contributed by atoms with Gasteiger partial charge >= 0.3 is 0 Å². The van der Waals surface area contributed by atoms with E-state index in [1.807, 2.05) is 12.1 Å². The van der Waals surface area contributed by atoms with E-state index in [0.29, 0.717) is 24.0 Å². The van der Waals surface area contributed by atoms with Crippen LogP contribution in [0.2, 0.25) is 0 Å². The Bertz CT molecular complexity index is 1620. The van der Waals surface area contributed by atoms with Crippen molar-refractivity contribution < 1.29 is 4.74 Å². The van der Waals surface area contributed by atoms with E-state index in [9.17, 15) is 0 Å². The molecule has 43 heavy (non-hydrogen) atoms. The molecule has 0 aliphatic carbocycles. The molecule has 0 radical (unpaired) electrons. The summed E-state index contributed by atoms with van der Waals surface area (Å²) in [6.45, 7) is 11.6. The molecule has 3 aromatic carbocycles. The second kappa shape index (κ2) is 13.0. The summed E-state index contributed by atoms with van der Waals surface area (Å²) in [6.07, 6.45) is 4.60. The average molecular weight is 592 g/mol. The highest BCUT2D eigenvalue weighted by Gasteiger charge is 2.30. The number of hydrogen-bond acceptors (Lipinski definition) is 7. The first-order chi connectivity index (χ1) is 20.6. The van der Waals surface area contributed by atoms with E-state index in [-0.39, 0.29) is 17.3 Å². The predicted octanol–water partition coefficient (Wildman–Crippen LogP) is 8.60. The van der Waals surface area contributed by atoms with Crippen molar-refractivity contribution in [1.29, 1.82) is 5.41 Å². The number of rotatable bonds is 6. The minimum atomic E-state index is 0.0777. The Balaban J connectivity index is 1.61. The van der Waals surface area contributed by atoms with Crippen molar-refractivity contribution in [3.63, 3.8) is 0 Å². The van der Waals surface area contributed by atoms with Crippen LogP contribution in [-0.4, -0.2) is 22.8 Å². The van der Waals surface area contributed by atoms with Crippen molar-refractivity contribution in [2.24, 2.45) is 17.1 Å². The first-order valence-electron chi connectivity index (χ1n) is 14.8. The Morgan fingerprint density at radius 3 is 2.49 bits per heavy atom. The molecule has 6 nitrogen and oxygen atoms in total. The summed E-state index contributed by atoms with van der Waals surface area (Å²) in [5, 5.41) is 7.95. The third kappa shape index (κ3) is 7.28. The van der Waals surface area contributed by atoms with Crippen LogP contribution in [0.4, 0.5) is 5.95 Å². The molecule has 7 heteroatoms. The number of nitrogens with two attached hydrogens (primary N) is 1. The maximum absolute atomic E-state index is 7.95. The van der Waals surface area contributed by atoms with Crippen LogP contribution in [0.15, 0.2) is 83.9 Å². The van der Waals surface area contributed by atoms with E-state index < -0.39 is 0 Å². The molecular weight excluding hydrogens is 550 g/mol. The highest BCUT2D eigenvalue weighted by Crippen LogP contribution is 2.40. The van der Waals surface area contributed by atoms with Gasteiger partial charge in [-0.3, -0.25) is 4.72 Å². The topological polar surface area (TPSA) is 96.9 Å². The maximum atomic E-state index is 7.95.